The Hall–Kier alpha value is -3.22. The van der Waals surface area contributed by atoms with E-state index in [4.69, 9.17) is 0 Å². The van der Waals surface area contributed by atoms with Crippen molar-refractivity contribution in [3.8, 4) is 0 Å². The van der Waals surface area contributed by atoms with Gasteiger partial charge in [0.15, 0.2) is 0 Å². The van der Waals surface area contributed by atoms with Gasteiger partial charge in [-0.1, -0.05) is 25.1 Å². The van der Waals surface area contributed by atoms with Crippen LogP contribution in [0.15, 0.2) is 36.5 Å². The number of pyridine rings is 1. The molecule has 2 aliphatic rings. The molecule has 0 aliphatic carbocycles. The van der Waals surface area contributed by atoms with E-state index in [9.17, 15) is 14.4 Å². The highest BCUT2D eigenvalue weighted by molar-refractivity contribution is 6.09. The summed E-state index contributed by atoms with van der Waals surface area (Å²) in [5, 5.41) is 5.86. The van der Waals surface area contributed by atoms with Gasteiger partial charge in [0, 0.05) is 37.3 Å². The Balaban J connectivity index is 1.43. The number of likely N-dealkylation sites (tertiary alicyclic amines) is 1. The molecule has 2 atom stereocenters. The molecule has 3 amide bonds. The Labute approximate surface area is 182 Å². The van der Waals surface area contributed by atoms with Gasteiger partial charge in [-0.3, -0.25) is 19.7 Å². The maximum atomic E-state index is 13.0. The highest BCUT2D eigenvalue weighted by atomic mass is 16.2. The predicted octanol–water partition coefficient (Wildman–Crippen LogP) is 2.72. The van der Waals surface area contributed by atoms with Gasteiger partial charge in [0.2, 0.25) is 11.8 Å². The molecule has 31 heavy (non-hydrogen) atoms. The van der Waals surface area contributed by atoms with Crippen LogP contribution in [0, 0.1) is 13.8 Å². The summed E-state index contributed by atoms with van der Waals surface area (Å²) in [7, 11) is 0. The van der Waals surface area contributed by atoms with Gasteiger partial charge >= 0.3 is 0 Å². The third kappa shape index (κ3) is 3.92. The van der Waals surface area contributed by atoms with E-state index in [1.807, 2.05) is 31.9 Å². The third-order valence-corrected chi connectivity index (χ3v) is 6.47. The first-order valence-electron chi connectivity index (χ1n) is 10.8. The van der Waals surface area contributed by atoms with Crippen molar-refractivity contribution in [3.63, 3.8) is 0 Å². The number of imide groups is 1. The van der Waals surface area contributed by atoms with Crippen LogP contribution in [-0.4, -0.2) is 46.7 Å². The second kappa shape index (κ2) is 8.13. The van der Waals surface area contributed by atoms with Gasteiger partial charge in [0.05, 0.1) is 5.41 Å². The largest absolute Gasteiger partial charge is 0.365 e. The van der Waals surface area contributed by atoms with E-state index >= 15 is 0 Å². The first kappa shape index (κ1) is 21.0. The molecule has 1 aromatic carbocycles. The molecule has 0 bridgehead atoms. The van der Waals surface area contributed by atoms with Gasteiger partial charge in [0.25, 0.3) is 5.91 Å². The monoisotopic (exact) mass is 420 g/mol. The van der Waals surface area contributed by atoms with Crippen LogP contribution in [0.25, 0.3) is 0 Å². The van der Waals surface area contributed by atoms with E-state index in [1.54, 1.807) is 24.3 Å². The summed E-state index contributed by atoms with van der Waals surface area (Å²) < 4.78 is 0. The second-order valence-electron chi connectivity index (χ2n) is 8.63. The average molecular weight is 421 g/mol. The summed E-state index contributed by atoms with van der Waals surface area (Å²) in [6.07, 6.45) is 3.39. The number of carbonyl (C=O) groups excluding carboxylic acids is 3. The summed E-state index contributed by atoms with van der Waals surface area (Å²) in [5.74, 6) is 0.332. The predicted molar refractivity (Wildman–Crippen MR) is 118 cm³/mol. The molecule has 0 saturated carbocycles. The number of benzene rings is 1. The first-order valence-corrected chi connectivity index (χ1v) is 10.8. The van der Waals surface area contributed by atoms with Crippen molar-refractivity contribution in [1.82, 2.24) is 15.2 Å². The lowest BCUT2D eigenvalue weighted by atomic mass is 9.76. The smallest absolute Gasteiger partial charge is 0.253 e. The summed E-state index contributed by atoms with van der Waals surface area (Å²) in [4.78, 5) is 43.4. The van der Waals surface area contributed by atoms with Gasteiger partial charge in [-0.2, -0.15) is 0 Å². The van der Waals surface area contributed by atoms with E-state index in [1.165, 1.54) is 0 Å². The quantitative estimate of drug-likeness (QED) is 0.726. The minimum absolute atomic E-state index is 0.0260. The number of hydrogen-bond acceptors (Lipinski definition) is 5. The molecule has 1 aromatic heterocycles. The molecule has 7 nitrogen and oxygen atoms in total. The molecule has 4 rings (SSSR count). The van der Waals surface area contributed by atoms with Crippen LogP contribution in [-0.2, 0) is 15.0 Å². The normalized spacial score (nSPS) is 23.2. The molecule has 7 heteroatoms. The van der Waals surface area contributed by atoms with Crippen LogP contribution in [0.4, 0.5) is 5.82 Å². The highest BCUT2D eigenvalue weighted by Gasteiger charge is 2.46. The number of rotatable bonds is 5. The van der Waals surface area contributed by atoms with Crippen LogP contribution in [0.2, 0.25) is 0 Å². The van der Waals surface area contributed by atoms with E-state index in [0.29, 0.717) is 25.1 Å². The maximum absolute atomic E-state index is 13.0. The molecule has 2 saturated heterocycles. The molecule has 0 radical (unpaired) electrons. The van der Waals surface area contributed by atoms with Crippen molar-refractivity contribution in [2.45, 2.75) is 51.5 Å². The molecular formula is C24H28N4O3. The van der Waals surface area contributed by atoms with Crippen molar-refractivity contribution >= 4 is 23.5 Å². The molecule has 2 fully saturated rings. The summed E-state index contributed by atoms with van der Waals surface area (Å²) >= 11 is 0. The Morgan fingerprint density at radius 3 is 2.61 bits per heavy atom. The van der Waals surface area contributed by atoms with Crippen LogP contribution < -0.4 is 10.6 Å². The van der Waals surface area contributed by atoms with Gasteiger partial charge in [-0.15, -0.1) is 0 Å². The van der Waals surface area contributed by atoms with Gasteiger partial charge in [-0.05, 0) is 55.5 Å². The van der Waals surface area contributed by atoms with E-state index in [-0.39, 0.29) is 30.2 Å². The molecule has 2 N–H and O–H groups in total. The minimum atomic E-state index is -0.833. The number of aromatic nitrogens is 1. The Kier molecular flexibility index (Phi) is 5.52. The zero-order chi connectivity index (χ0) is 22.2. The molecule has 3 heterocycles. The minimum Gasteiger partial charge on any atom is -0.365 e. The third-order valence-electron chi connectivity index (χ3n) is 6.47. The molecule has 2 aromatic rings. The molecular weight excluding hydrogens is 392 g/mol. The van der Waals surface area contributed by atoms with Crippen molar-refractivity contribution in [2.75, 3.05) is 18.4 Å². The number of nitrogens with one attached hydrogen (secondary N) is 2. The average Bonchev–Trinajstić information content (AvgIpc) is 3.33. The lowest BCUT2D eigenvalue weighted by Gasteiger charge is -2.24. The highest BCUT2D eigenvalue weighted by Crippen LogP contribution is 2.36. The van der Waals surface area contributed by atoms with Gasteiger partial charge in [0.1, 0.15) is 5.82 Å². The summed E-state index contributed by atoms with van der Waals surface area (Å²) in [5.41, 5.74) is 2.75. The Morgan fingerprint density at radius 1 is 1.26 bits per heavy atom. The Morgan fingerprint density at radius 2 is 2.00 bits per heavy atom. The molecule has 2 aliphatic heterocycles. The van der Waals surface area contributed by atoms with Crippen LogP contribution in [0.5, 0.6) is 0 Å². The van der Waals surface area contributed by atoms with Crippen LogP contribution >= 0.6 is 0 Å². The van der Waals surface area contributed by atoms with E-state index in [2.05, 4.69) is 21.7 Å². The van der Waals surface area contributed by atoms with Crippen molar-refractivity contribution in [3.05, 3.63) is 58.8 Å². The lowest BCUT2D eigenvalue weighted by molar-refractivity contribution is -0.126. The zero-order valence-electron chi connectivity index (χ0n) is 18.2. The van der Waals surface area contributed by atoms with Gasteiger partial charge in [-0.25, -0.2) is 4.98 Å². The summed E-state index contributed by atoms with van der Waals surface area (Å²) in [6.45, 7) is 7.25. The number of anilines is 1. The SMILES string of the molecule is CCC1(c2ccc(C(=O)N3CC[C@H](Nc4ncc(C)cc4C)C3)cc2)CC(=O)NC1=O. The van der Waals surface area contributed by atoms with E-state index in [0.717, 1.165) is 28.9 Å². The van der Waals surface area contributed by atoms with Crippen LogP contribution in [0.3, 0.4) is 0 Å². The topological polar surface area (TPSA) is 91.4 Å². The zero-order valence-corrected chi connectivity index (χ0v) is 18.2. The standard InChI is InChI=1S/C24H28N4O3/c1-4-24(12-20(29)27-23(24)31)18-7-5-17(6-8-18)22(30)28-10-9-19(14-28)26-21-16(3)11-15(2)13-25-21/h5-8,11,13,19H,4,9-10,12,14H2,1-3H3,(H,25,26)(H,27,29,31)/t19-,24?/m0/s1. The second-order valence-corrected chi connectivity index (χ2v) is 8.63. The number of nitrogens with zero attached hydrogens (tertiary/aromatic N) is 2. The van der Waals surface area contributed by atoms with Crippen LogP contribution in [0.1, 0.15) is 53.2 Å². The van der Waals surface area contributed by atoms with Gasteiger partial charge < -0.3 is 10.2 Å². The number of hydrogen-bond donors (Lipinski definition) is 2. The molecule has 162 valence electrons. The van der Waals surface area contributed by atoms with Crippen molar-refractivity contribution in [2.24, 2.45) is 0 Å². The fraction of sp³-hybridized carbons (Fsp3) is 0.417. The fourth-order valence-corrected chi connectivity index (χ4v) is 4.60. The van der Waals surface area contributed by atoms with Crippen molar-refractivity contribution < 1.29 is 14.4 Å². The molecule has 0 spiro atoms. The van der Waals surface area contributed by atoms with Crippen molar-refractivity contribution in [1.29, 1.82) is 0 Å². The lowest BCUT2D eigenvalue weighted by Crippen LogP contribution is -2.35. The number of aryl methyl sites for hydroxylation is 2. The fourth-order valence-electron chi connectivity index (χ4n) is 4.60. The maximum Gasteiger partial charge on any atom is 0.253 e. The Bertz CT molecular complexity index is 1030. The van der Waals surface area contributed by atoms with E-state index < -0.39 is 5.41 Å². The first-order chi connectivity index (χ1) is 14.8. The number of amides is 3. The summed E-state index contributed by atoms with van der Waals surface area (Å²) in [6, 6.07) is 9.39. The number of carbonyl (C=O) groups is 3. The molecule has 1 unspecified atom stereocenters.